The van der Waals surface area contributed by atoms with Gasteiger partial charge in [0.25, 0.3) is 0 Å². The molecule has 0 saturated carbocycles. The summed E-state index contributed by atoms with van der Waals surface area (Å²) >= 11 is 0. The van der Waals surface area contributed by atoms with Crippen molar-refractivity contribution in [3.8, 4) is 0 Å². The number of nitrogens with zero attached hydrogens (tertiary/aromatic N) is 4. The summed E-state index contributed by atoms with van der Waals surface area (Å²) in [6, 6.07) is 0. The molecule has 2 heterocycles. The molecule has 16 heavy (non-hydrogen) atoms. The predicted octanol–water partition coefficient (Wildman–Crippen LogP) is -1.14. The molecule has 8 nitrogen and oxygen atoms in total. The fourth-order valence-corrected chi connectivity index (χ4v) is 1.44. The summed E-state index contributed by atoms with van der Waals surface area (Å²) in [5, 5.41) is 7.22. The van der Waals surface area contributed by atoms with Crippen LogP contribution in [0.1, 0.15) is 0 Å². The van der Waals surface area contributed by atoms with Crippen LogP contribution >= 0.6 is 0 Å². The smallest absolute Gasteiger partial charge is 0.236 e. The van der Waals surface area contributed by atoms with E-state index in [9.17, 15) is 4.79 Å². The zero-order valence-corrected chi connectivity index (χ0v) is 8.64. The van der Waals surface area contributed by atoms with Crippen LogP contribution < -0.4 is 16.4 Å². The number of anilines is 2. The van der Waals surface area contributed by atoms with E-state index in [1.807, 2.05) is 0 Å². The van der Waals surface area contributed by atoms with Gasteiger partial charge in [-0.25, -0.2) is 0 Å². The van der Waals surface area contributed by atoms with Gasteiger partial charge in [0.2, 0.25) is 11.9 Å². The highest BCUT2D eigenvalue weighted by molar-refractivity contribution is 5.89. The standard InChI is InChI=1S/C8H11N7O/c1-15(3-5(9)16)7-4-2-11-14-6(4)12-8(10)13-7/h2H,3H2,1H3,(H2,9,16)(H3,10,11,12,13,14). The Morgan fingerprint density at radius 3 is 3.00 bits per heavy atom. The molecule has 0 bridgehead atoms. The van der Waals surface area contributed by atoms with E-state index < -0.39 is 5.91 Å². The van der Waals surface area contributed by atoms with Gasteiger partial charge in [-0.3, -0.25) is 9.89 Å². The average molecular weight is 221 g/mol. The van der Waals surface area contributed by atoms with E-state index in [1.54, 1.807) is 18.1 Å². The van der Waals surface area contributed by atoms with Crippen LogP contribution in [0.3, 0.4) is 0 Å². The molecule has 0 aliphatic rings. The van der Waals surface area contributed by atoms with Gasteiger partial charge in [0.05, 0.1) is 18.1 Å². The van der Waals surface area contributed by atoms with Crippen LogP contribution in [0.4, 0.5) is 11.8 Å². The van der Waals surface area contributed by atoms with E-state index in [0.717, 1.165) is 0 Å². The number of hydrogen-bond donors (Lipinski definition) is 3. The van der Waals surface area contributed by atoms with Gasteiger partial charge >= 0.3 is 0 Å². The maximum atomic E-state index is 10.8. The number of aromatic nitrogens is 4. The second-order valence-electron chi connectivity index (χ2n) is 3.36. The van der Waals surface area contributed by atoms with Gasteiger partial charge in [0, 0.05) is 7.05 Å². The third-order valence-corrected chi connectivity index (χ3v) is 2.06. The number of fused-ring (bicyclic) bond motifs is 1. The first-order chi connectivity index (χ1) is 7.58. The Hall–Kier alpha value is -2.38. The van der Waals surface area contributed by atoms with Crippen molar-refractivity contribution in [2.75, 3.05) is 24.2 Å². The third kappa shape index (κ3) is 1.72. The van der Waals surface area contributed by atoms with E-state index in [0.29, 0.717) is 16.9 Å². The zero-order chi connectivity index (χ0) is 11.7. The number of likely N-dealkylation sites (N-methyl/N-ethyl adjacent to an activating group) is 1. The maximum absolute atomic E-state index is 10.8. The molecule has 0 aromatic carbocycles. The van der Waals surface area contributed by atoms with Gasteiger partial charge in [-0.2, -0.15) is 15.1 Å². The quantitative estimate of drug-likeness (QED) is 0.601. The van der Waals surface area contributed by atoms with Gasteiger partial charge in [-0.1, -0.05) is 0 Å². The summed E-state index contributed by atoms with van der Waals surface area (Å²) in [7, 11) is 1.69. The lowest BCUT2D eigenvalue weighted by Gasteiger charge is -2.16. The van der Waals surface area contributed by atoms with Crippen LogP contribution in [-0.4, -0.2) is 39.7 Å². The highest BCUT2D eigenvalue weighted by atomic mass is 16.1. The van der Waals surface area contributed by atoms with Crippen molar-refractivity contribution in [1.29, 1.82) is 0 Å². The van der Waals surface area contributed by atoms with E-state index in [-0.39, 0.29) is 12.5 Å². The lowest BCUT2D eigenvalue weighted by atomic mass is 10.3. The first-order valence-corrected chi connectivity index (χ1v) is 4.54. The molecule has 2 aromatic rings. The molecule has 0 saturated heterocycles. The SMILES string of the molecule is CN(CC(N)=O)c1nc(N)nc2[nH]ncc12. The molecule has 2 aromatic heterocycles. The molecule has 1 amide bonds. The number of H-pyrrole nitrogens is 1. The normalized spacial score (nSPS) is 10.6. The molecule has 0 atom stereocenters. The molecule has 0 unspecified atom stereocenters. The molecular weight excluding hydrogens is 210 g/mol. The van der Waals surface area contributed by atoms with E-state index in [4.69, 9.17) is 11.5 Å². The second kappa shape index (κ2) is 3.65. The topological polar surface area (TPSA) is 127 Å². The molecule has 0 fully saturated rings. The molecule has 0 radical (unpaired) electrons. The monoisotopic (exact) mass is 221 g/mol. The number of nitrogens with two attached hydrogens (primary N) is 2. The third-order valence-electron chi connectivity index (χ3n) is 2.06. The molecule has 8 heteroatoms. The molecule has 0 aliphatic carbocycles. The van der Waals surface area contributed by atoms with Gasteiger partial charge in [0.1, 0.15) is 5.82 Å². The van der Waals surface area contributed by atoms with Crippen LogP contribution in [0.15, 0.2) is 6.20 Å². The number of nitrogens with one attached hydrogen (secondary N) is 1. The van der Waals surface area contributed by atoms with Gasteiger partial charge in [-0.05, 0) is 0 Å². The van der Waals surface area contributed by atoms with Gasteiger partial charge in [-0.15, -0.1) is 0 Å². The minimum Gasteiger partial charge on any atom is -0.368 e. The number of carbonyl (C=O) groups is 1. The molecular formula is C8H11N7O. The van der Waals surface area contributed by atoms with Crippen molar-refractivity contribution in [3.63, 3.8) is 0 Å². The Bertz CT molecular complexity index is 534. The Balaban J connectivity index is 2.49. The Labute approximate surface area is 90.6 Å². The fourth-order valence-electron chi connectivity index (χ4n) is 1.44. The summed E-state index contributed by atoms with van der Waals surface area (Å²) in [6.07, 6.45) is 1.57. The molecule has 2 rings (SSSR count). The highest BCUT2D eigenvalue weighted by Crippen LogP contribution is 2.21. The molecule has 5 N–H and O–H groups in total. The first kappa shape index (κ1) is 10.1. The van der Waals surface area contributed by atoms with E-state index in [1.165, 1.54) is 0 Å². The Morgan fingerprint density at radius 1 is 1.56 bits per heavy atom. The second-order valence-corrected chi connectivity index (χ2v) is 3.36. The Kier molecular flexibility index (Phi) is 2.31. The predicted molar refractivity (Wildman–Crippen MR) is 58.6 cm³/mol. The number of primary amides is 1. The summed E-state index contributed by atoms with van der Waals surface area (Å²) < 4.78 is 0. The van der Waals surface area contributed by atoms with Crippen molar-refractivity contribution in [1.82, 2.24) is 20.2 Å². The van der Waals surface area contributed by atoms with Crippen molar-refractivity contribution >= 4 is 28.7 Å². The van der Waals surface area contributed by atoms with Crippen LogP contribution in [0.2, 0.25) is 0 Å². The van der Waals surface area contributed by atoms with Crippen LogP contribution in [-0.2, 0) is 4.79 Å². The van der Waals surface area contributed by atoms with E-state index >= 15 is 0 Å². The first-order valence-electron chi connectivity index (χ1n) is 4.54. The number of hydrogen-bond acceptors (Lipinski definition) is 6. The van der Waals surface area contributed by atoms with Crippen molar-refractivity contribution in [2.45, 2.75) is 0 Å². The summed E-state index contributed by atoms with van der Waals surface area (Å²) in [6.45, 7) is 0.0523. The van der Waals surface area contributed by atoms with Gasteiger partial charge in [0.15, 0.2) is 5.65 Å². The summed E-state index contributed by atoms with van der Waals surface area (Å²) in [4.78, 5) is 20.4. The number of amides is 1. The summed E-state index contributed by atoms with van der Waals surface area (Å²) in [5.74, 6) is 0.189. The van der Waals surface area contributed by atoms with E-state index in [2.05, 4.69) is 20.2 Å². The number of carbonyl (C=O) groups excluding carboxylic acids is 1. The van der Waals surface area contributed by atoms with Crippen molar-refractivity contribution in [3.05, 3.63) is 6.20 Å². The minimum absolute atomic E-state index is 0.0523. The lowest BCUT2D eigenvalue weighted by Crippen LogP contribution is -2.31. The lowest BCUT2D eigenvalue weighted by molar-refractivity contribution is -0.116. The van der Waals surface area contributed by atoms with Gasteiger partial charge < -0.3 is 16.4 Å². The average Bonchev–Trinajstić information content (AvgIpc) is 2.62. The maximum Gasteiger partial charge on any atom is 0.236 e. The van der Waals surface area contributed by atoms with Crippen molar-refractivity contribution in [2.24, 2.45) is 5.73 Å². The van der Waals surface area contributed by atoms with Crippen LogP contribution in [0.5, 0.6) is 0 Å². The van der Waals surface area contributed by atoms with Crippen LogP contribution in [0.25, 0.3) is 11.0 Å². The number of rotatable bonds is 3. The minimum atomic E-state index is -0.448. The Morgan fingerprint density at radius 2 is 2.31 bits per heavy atom. The number of aromatic amines is 1. The molecule has 0 aliphatic heterocycles. The fraction of sp³-hybridized carbons (Fsp3) is 0.250. The van der Waals surface area contributed by atoms with Crippen LogP contribution in [0, 0.1) is 0 Å². The zero-order valence-electron chi connectivity index (χ0n) is 8.64. The number of nitrogen functional groups attached to an aromatic ring is 1. The largest absolute Gasteiger partial charge is 0.368 e. The van der Waals surface area contributed by atoms with Crippen molar-refractivity contribution < 1.29 is 4.79 Å². The molecule has 0 spiro atoms. The molecule has 84 valence electrons. The summed E-state index contributed by atoms with van der Waals surface area (Å²) in [5.41, 5.74) is 11.2. The highest BCUT2D eigenvalue weighted by Gasteiger charge is 2.13.